The fraction of sp³-hybridized carbons (Fsp3) is 0.118. The lowest BCUT2D eigenvalue weighted by Gasteiger charge is -2.31. The second kappa shape index (κ2) is 4.78. The number of halogens is 1. The van der Waals surface area contributed by atoms with Gasteiger partial charge in [-0.25, -0.2) is 4.79 Å². The average Bonchev–Trinajstić information content (AvgIpc) is 2.82. The zero-order valence-corrected chi connectivity index (χ0v) is 12.8. The lowest BCUT2D eigenvalue weighted by molar-refractivity contribution is 0.868. The molecule has 0 atom stereocenters. The van der Waals surface area contributed by atoms with Gasteiger partial charge in [0.2, 0.25) is 0 Å². The Morgan fingerprint density at radius 1 is 1.14 bits per heavy atom. The number of nitrogens with one attached hydrogen (secondary N) is 1. The lowest BCUT2D eigenvalue weighted by atomic mass is 10.0. The summed E-state index contributed by atoms with van der Waals surface area (Å²) in [7, 11) is 1.79. The smallest absolute Gasteiger partial charge is 0.326 e. The Labute approximate surface area is 132 Å². The molecule has 0 radical (unpaired) electrons. The Morgan fingerprint density at radius 2 is 1.91 bits per heavy atom. The van der Waals surface area contributed by atoms with E-state index in [4.69, 9.17) is 11.6 Å². The number of aromatic amines is 1. The third-order valence-electron chi connectivity index (χ3n) is 4.07. The molecule has 0 unspecified atom stereocenters. The molecule has 22 heavy (non-hydrogen) atoms. The minimum atomic E-state index is -0.0965. The van der Waals surface area contributed by atoms with Gasteiger partial charge in [-0.1, -0.05) is 29.8 Å². The van der Waals surface area contributed by atoms with Gasteiger partial charge in [0, 0.05) is 23.3 Å². The van der Waals surface area contributed by atoms with E-state index in [1.807, 2.05) is 36.4 Å². The molecular weight excluding hydrogens is 298 g/mol. The van der Waals surface area contributed by atoms with Crippen molar-refractivity contribution in [2.45, 2.75) is 6.54 Å². The maximum atomic E-state index is 12.0. The molecule has 3 aromatic rings. The summed E-state index contributed by atoms with van der Waals surface area (Å²) in [5.41, 5.74) is 4.85. The summed E-state index contributed by atoms with van der Waals surface area (Å²) in [6, 6.07) is 15.9. The summed E-state index contributed by atoms with van der Waals surface area (Å²) in [4.78, 5) is 17.1. The molecule has 4 nitrogen and oxygen atoms in total. The Bertz CT molecular complexity index is 911. The quantitative estimate of drug-likeness (QED) is 0.744. The maximum Gasteiger partial charge on any atom is 0.326 e. The molecule has 4 rings (SSSR count). The largest absolute Gasteiger partial charge is 0.335 e. The molecule has 5 heteroatoms. The number of rotatable bonds is 1. The van der Waals surface area contributed by atoms with Crippen LogP contribution in [0.2, 0.25) is 5.02 Å². The zero-order valence-electron chi connectivity index (χ0n) is 12.0. The Hall–Kier alpha value is -2.46. The second-order valence-corrected chi connectivity index (χ2v) is 5.84. The van der Waals surface area contributed by atoms with Gasteiger partial charge < -0.3 is 9.88 Å². The van der Waals surface area contributed by atoms with Crippen LogP contribution in [0.25, 0.3) is 11.3 Å². The van der Waals surface area contributed by atoms with Gasteiger partial charge in [0.1, 0.15) is 0 Å². The van der Waals surface area contributed by atoms with Crippen LogP contribution in [-0.2, 0) is 13.6 Å². The second-order valence-electron chi connectivity index (χ2n) is 5.40. The SMILES string of the molecule is Cn1c2c([nH]c1=O)CN(c1ccccc1)c1cc(Cl)ccc1-2. The van der Waals surface area contributed by atoms with Crippen molar-refractivity contribution >= 4 is 23.0 Å². The highest BCUT2D eigenvalue weighted by molar-refractivity contribution is 6.31. The molecule has 110 valence electrons. The van der Waals surface area contributed by atoms with Crippen LogP contribution in [0.4, 0.5) is 11.4 Å². The number of H-pyrrole nitrogens is 1. The van der Waals surface area contributed by atoms with E-state index in [2.05, 4.69) is 22.0 Å². The van der Waals surface area contributed by atoms with Gasteiger partial charge in [0.05, 0.1) is 23.6 Å². The molecule has 0 aliphatic carbocycles. The van der Waals surface area contributed by atoms with Crippen molar-refractivity contribution in [3.8, 4) is 11.3 Å². The first-order valence-electron chi connectivity index (χ1n) is 7.05. The summed E-state index contributed by atoms with van der Waals surface area (Å²) in [6.07, 6.45) is 0. The van der Waals surface area contributed by atoms with Crippen LogP contribution in [0.15, 0.2) is 53.3 Å². The van der Waals surface area contributed by atoms with Gasteiger partial charge in [-0.2, -0.15) is 0 Å². The normalized spacial score (nSPS) is 12.9. The monoisotopic (exact) mass is 311 g/mol. The third-order valence-corrected chi connectivity index (χ3v) is 4.31. The van der Waals surface area contributed by atoms with Crippen LogP contribution >= 0.6 is 11.6 Å². The number of fused-ring (bicyclic) bond motifs is 3. The molecule has 2 aromatic carbocycles. The molecule has 1 aliphatic heterocycles. The number of benzene rings is 2. The van der Waals surface area contributed by atoms with Gasteiger partial charge in [-0.3, -0.25) is 4.57 Å². The lowest BCUT2D eigenvalue weighted by Crippen LogP contribution is -2.22. The van der Waals surface area contributed by atoms with E-state index in [0.717, 1.165) is 28.3 Å². The highest BCUT2D eigenvalue weighted by atomic mass is 35.5. The Kier molecular flexibility index (Phi) is 2.87. The number of nitrogens with zero attached hydrogens (tertiary/aromatic N) is 2. The van der Waals surface area contributed by atoms with E-state index >= 15 is 0 Å². The van der Waals surface area contributed by atoms with Crippen molar-refractivity contribution in [3.63, 3.8) is 0 Å². The molecule has 2 heterocycles. The van der Waals surface area contributed by atoms with Crippen molar-refractivity contribution in [3.05, 3.63) is 69.7 Å². The predicted octanol–water partition coefficient (Wildman–Crippen LogP) is 3.69. The highest BCUT2D eigenvalue weighted by Crippen LogP contribution is 2.42. The van der Waals surface area contributed by atoms with Crippen molar-refractivity contribution in [2.24, 2.45) is 7.05 Å². The van der Waals surface area contributed by atoms with Gasteiger partial charge in [-0.05, 0) is 30.3 Å². The molecule has 1 aliphatic rings. The summed E-state index contributed by atoms with van der Waals surface area (Å²) in [5.74, 6) is 0. The van der Waals surface area contributed by atoms with Crippen molar-refractivity contribution < 1.29 is 0 Å². The molecule has 0 spiro atoms. The molecule has 0 saturated heterocycles. The molecule has 1 N–H and O–H groups in total. The van der Waals surface area contributed by atoms with E-state index in [1.54, 1.807) is 11.6 Å². The van der Waals surface area contributed by atoms with E-state index in [0.29, 0.717) is 11.6 Å². The molecule has 0 fully saturated rings. The van der Waals surface area contributed by atoms with Crippen molar-refractivity contribution in [1.82, 2.24) is 9.55 Å². The van der Waals surface area contributed by atoms with Crippen LogP contribution in [0.5, 0.6) is 0 Å². The van der Waals surface area contributed by atoms with E-state index in [1.165, 1.54) is 0 Å². The fourth-order valence-electron chi connectivity index (χ4n) is 3.04. The number of hydrogen-bond acceptors (Lipinski definition) is 2. The van der Waals surface area contributed by atoms with Gasteiger partial charge in [-0.15, -0.1) is 0 Å². The molecule has 0 bridgehead atoms. The first kappa shape index (κ1) is 13.2. The number of aromatic nitrogens is 2. The van der Waals surface area contributed by atoms with Gasteiger partial charge in [0.15, 0.2) is 0 Å². The molecule has 0 amide bonds. The van der Waals surface area contributed by atoms with E-state index in [-0.39, 0.29) is 5.69 Å². The van der Waals surface area contributed by atoms with Crippen molar-refractivity contribution in [1.29, 1.82) is 0 Å². The van der Waals surface area contributed by atoms with Crippen LogP contribution in [0, 0.1) is 0 Å². The average molecular weight is 312 g/mol. The first-order valence-corrected chi connectivity index (χ1v) is 7.43. The third kappa shape index (κ3) is 1.88. The topological polar surface area (TPSA) is 41.0 Å². The Balaban J connectivity index is 1.99. The van der Waals surface area contributed by atoms with Crippen LogP contribution in [0.1, 0.15) is 5.69 Å². The standard InChI is InChI=1S/C17H14ClN3O/c1-20-16-13-8-7-11(18)9-15(13)21(10-14(16)19-17(20)22)12-5-3-2-4-6-12/h2-9H,10H2,1H3,(H,19,22). The zero-order chi connectivity index (χ0) is 15.3. The minimum Gasteiger partial charge on any atom is -0.335 e. The molecular formula is C17H14ClN3O. The summed E-state index contributed by atoms with van der Waals surface area (Å²) >= 11 is 6.20. The van der Waals surface area contributed by atoms with E-state index in [9.17, 15) is 4.79 Å². The molecule has 1 aromatic heterocycles. The number of imidazole rings is 1. The highest BCUT2D eigenvalue weighted by Gasteiger charge is 2.27. The predicted molar refractivity (Wildman–Crippen MR) is 88.8 cm³/mol. The van der Waals surface area contributed by atoms with E-state index < -0.39 is 0 Å². The minimum absolute atomic E-state index is 0.0965. The van der Waals surface area contributed by atoms with Crippen molar-refractivity contribution in [2.75, 3.05) is 4.90 Å². The maximum absolute atomic E-state index is 12.0. The fourth-order valence-corrected chi connectivity index (χ4v) is 3.21. The van der Waals surface area contributed by atoms with Crippen LogP contribution in [0.3, 0.4) is 0 Å². The molecule has 0 saturated carbocycles. The summed E-state index contributed by atoms with van der Waals surface area (Å²) in [5, 5.41) is 0.684. The van der Waals surface area contributed by atoms with Gasteiger partial charge in [0.25, 0.3) is 0 Å². The van der Waals surface area contributed by atoms with Gasteiger partial charge >= 0.3 is 5.69 Å². The summed E-state index contributed by atoms with van der Waals surface area (Å²) < 4.78 is 1.66. The first-order chi connectivity index (χ1) is 10.6. The van der Waals surface area contributed by atoms with Crippen LogP contribution < -0.4 is 10.6 Å². The number of anilines is 2. The van der Waals surface area contributed by atoms with Crippen LogP contribution in [-0.4, -0.2) is 9.55 Å². The Morgan fingerprint density at radius 3 is 2.68 bits per heavy atom. The number of para-hydroxylation sites is 1. The number of hydrogen-bond donors (Lipinski definition) is 1. The summed E-state index contributed by atoms with van der Waals surface area (Å²) in [6.45, 7) is 0.614.